The van der Waals surface area contributed by atoms with Gasteiger partial charge in [0.25, 0.3) is 0 Å². The Morgan fingerprint density at radius 3 is 2.57 bits per heavy atom. The van der Waals surface area contributed by atoms with Crippen molar-refractivity contribution >= 4 is 45.8 Å². The number of nitrogens with one attached hydrogen (secondary N) is 1. The molecule has 2 aromatic heterocycles. The molecule has 0 spiro atoms. The van der Waals surface area contributed by atoms with Gasteiger partial charge in [0.1, 0.15) is 11.5 Å². The van der Waals surface area contributed by atoms with E-state index in [0.29, 0.717) is 0 Å². The van der Waals surface area contributed by atoms with E-state index in [0.717, 1.165) is 33.1 Å². The maximum atomic E-state index is 7.60. The summed E-state index contributed by atoms with van der Waals surface area (Å²) >= 11 is 0. The maximum Gasteiger partial charge on any atom is 0.138 e. The van der Waals surface area contributed by atoms with Crippen LogP contribution in [0, 0.1) is 5.41 Å². The third kappa shape index (κ3) is 1.92. The number of benzene rings is 2. The molecule has 0 atom stereocenters. The Bertz CT molecular complexity index is 987. The second-order valence-electron chi connectivity index (χ2n) is 4.81. The van der Waals surface area contributed by atoms with Crippen LogP contribution in [0.15, 0.2) is 54.6 Å². The van der Waals surface area contributed by atoms with Crippen LogP contribution >= 0.6 is 12.4 Å². The summed E-state index contributed by atoms with van der Waals surface area (Å²) in [6.45, 7) is 0. The number of halogens is 1. The van der Waals surface area contributed by atoms with E-state index in [1.54, 1.807) is 0 Å². The van der Waals surface area contributed by atoms with E-state index in [1.165, 1.54) is 0 Å². The molecule has 2 heterocycles. The number of nitrogens with two attached hydrogens (primary N) is 1. The quantitative estimate of drug-likeness (QED) is 0.418. The summed E-state index contributed by atoms with van der Waals surface area (Å²) in [7, 11) is 0. The number of hydrogen-bond acceptors (Lipinski definition) is 2. The molecule has 4 rings (SSSR count). The van der Waals surface area contributed by atoms with Gasteiger partial charge < -0.3 is 5.73 Å². The predicted molar refractivity (Wildman–Crippen MR) is 88.5 cm³/mol. The molecule has 0 aliphatic carbocycles. The summed E-state index contributed by atoms with van der Waals surface area (Å²) < 4.78 is 2.11. The molecule has 4 aromatic rings. The highest BCUT2D eigenvalue weighted by molar-refractivity contribution is 6.00. The molecular formula is C16H13ClN4. The molecule has 0 radical (unpaired) electrons. The van der Waals surface area contributed by atoms with E-state index in [9.17, 15) is 0 Å². The lowest BCUT2D eigenvalue weighted by molar-refractivity contribution is 1.29. The third-order valence-corrected chi connectivity index (χ3v) is 3.58. The molecule has 21 heavy (non-hydrogen) atoms. The van der Waals surface area contributed by atoms with Crippen molar-refractivity contribution in [1.82, 2.24) is 9.38 Å². The predicted octanol–water partition coefficient (Wildman–Crippen LogP) is 3.35. The SMILES string of the molecule is Cl.N=C(N)c1ccc2ccc3nc4ccccc4n3c2c1. The molecule has 3 N–H and O–H groups in total. The van der Waals surface area contributed by atoms with Gasteiger partial charge in [-0.05, 0) is 35.7 Å². The third-order valence-electron chi connectivity index (χ3n) is 3.58. The molecule has 0 aliphatic rings. The van der Waals surface area contributed by atoms with Gasteiger partial charge in [-0.25, -0.2) is 4.98 Å². The van der Waals surface area contributed by atoms with Gasteiger partial charge in [-0.3, -0.25) is 9.81 Å². The minimum Gasteiger partial charge on any atom is -0.384 e. The van der Waals surface area contributed by atoms with Crippen molar-refractivity contribution in [1.29, 1.82) is 5.41 Å². The van der Waals surface area contributed by atoms with Crippen molar-refractivity contribution in [2.45, 2.75) is 0 Å². The average Bonchev–Trinajstić information content (AvgIpc) is 2.85. The van der Waals surface area contributed by atoms with Gasteiger partial charge in [-0.1, -0.05) is 24.3 Å². The van der Waals surface area contributed by atoms with Crippen LogP contribution < -0.4 is 5.73 Å². The van der Waals surface area contributed by atoms with E-state index in [-0.39, 0.29) is 18.2 Å². The average molecular weight is 297 g/mol. The summed E-state index contributed by atoms with van der Waals surface area (Å²) in [6, 6.07) is 17.9. The van der Waals surface area contributed by atoms with Crippen LogP contribution in [-0.4, -0.2) is 15.2 Å². The normalized spacial score (nSPS) is 10.9. The van der Waals surface area contributed by atoms with Crippen LogP contribution in [-0.2, 0) is 0 Å². The smallest absolute Gasteiger partial charge is 0.138 e. The standard InChI is InChI=1S/C16H12N4.ClH/c17-16(18)11-6-5-10-7-8-15-19-12-3-1-2-4-13(12)20(15)14(10)9-11;/h1-9H,(H3,17,18);1H. The highest BCUT2D eigenvalue weighted by Gasteiger charge is 2.08. The molecule has 4 nitrogen and oxygen atoms in total. The van der Waals surface area contributed by atoms with E-state index in [4.69, 9.17) is 11.1 Å². The maximum absolute atomic E-state index is 7.60. The number of nitrogen functional groups attached to an aromatic ring is 1. The second-order valence-corrected chi connectivity index (χ2v) is 4.81. The number of aromatic nitrogens is 2. The van der Waals surface area contributed by atoms with E-state index >= 15 is 0 Å². The van der Waals surface area contributed by atoms with E-state index in [1.807, 2.05) is 48.5 Å². The Balaban J connectivity index is 0.00000132. The molecule has 0 saturated heterocycles. The molecule has 0 fully saturated rings. The Morgan fingerprint density at radius 1 is 1.00 bits per heavy atom. The zero-order chi connectivity index (χ0) is 13.7. The zero-order valence-electron chi connectivity index (χ0n) is 11.1. The van der Waals surface area contributed by atoms with Crippen molar-refractivity contribution < 1.29 is 0 Å². The Hall–Kier alpha value is -2.59. The molecule has 0 aliphatic heterocycles. The van der Waals surface area contributed by atoms with Crippen LogP contribution in [0.1, 0.15) is 5.56 Å². The second kappa shape index (κ2) is 4.75. The molecule has 104 valence electrons. The van der Waals surface area contributed by atoms with Crippen molar-refractivity contribution in [2.24, 2.45) is 5.73 Å². The van der Waals surface area contributed by atoms with Crippen molar-refractivity contribution in [2.75, 3.05) is 0 Å². The number of nitrogens with zero attached hydrogens (tertiary/aromatic N) is 2. The largest absolute Gasteiger partial charge is 0.384 e. The number of amidine groups is 1. The first kappa shape index (κ1) is 13.4. The van der Waals surface area contributed by atoms with Gasteiger partial charge >= 0.3 is 0 Å². The highest BCUT2D eigenvalue weighted by atomic mass is 35.5. The van der Waals surface area contributed by atoms with Crippen LogP contribution in [0.2, 0.25) is 0 Å². The fourth-order valence-electron chi connectivity index (χ4n) is 2.62. The van der Waals surface area contributed by atoms with Crippen molar-refractivity contribution in [3.63, 3.8) is 0 Å². The van der Waals surface area contributed by atoms with Crippen LogP contribution in [0.3, 0.4) is 0 Å². The monoisotopic (exact) mass is 296 g/mol. The van der Waals surface area contributed by atoms with Crippen LogP contribution in [0.25, 0.3) is 27.6 Å². The molecule has 0 unspecified atom stereocenters. The van der Waals surface area contributed by atoms with Gasteiger partial charge in [0.05, 0.1) is 16.6 Å². The molecule has 2 aromatic carbocycles. The van der Waals surface area contributed by atoms with Crippen LogP contribution in [0.4, 0.5) is 0 Å². The van der Waals surface area contributed by atoms with Crippen molar-refractivity contribution in [3.05, 3.63) is 60.2 Å². The number of fused-ring (bicyclic) bond motifs is 5. The van der Waals surface area contributed by atoms with Crippen LogP contribution in [0.5, 0.6) is 0 Å². The molecule has 0 bridgehead atoms. The number of pyridine rings is 1. The first-order valence-electron chi connectivity index (χ1n) is 6.38. The zero-order valence-corrected chi connectivity index (χ0v) is 11.9. The fraction of sp³-hybridized carbons (Fsp3) is 0. The minimum absolute atomic E-state index is 0. The number of rotatable bonds is 1. The lowest BCUT2D eigenvalue weighted by atomic mass is 10.1. The van der Waals surface area contributed by atoms with Gasteiger partial charge in [0.15, 0.2) is 0 Å². The topological polar surface area (TPSA) is 67.2 Å². The van der Waals surface area contributed by atoms with E-state index in [2.05, 4.69) is 15.5 Å². The molecule has 0 amide bonds. The van der Waals surface area contributed by atoms with Gasteiger partial charge in [-0.15, -0.1) is 12.4 Å². The first-order chi connectivity index (χ1) is 9.74. The number of hydrogen-bond donors (Lipinski definition) is 2. The Kier molecular flexibility index (Phi) is 3.03. The summed E-state index contributed by atoms with van der Waals surface area (Å²) in [4.78, 5) is 4.62. The van der Waals surface area contributed by atoms with Crippen molar-refractivity contribution in [3.8, 4) is 0 Å². The fourth-order valence-corrected chi connectivity index (χ4v) is 2.62. The minimum atomic E-state index is 0. The number of imidazole rings is 1. The lowest BCUT2D eigenvalue weighted by Crippen LogP contribution is -2.10. The van der Waals surface area contributed by atoms with E-state index < -0.39 is 0 Å². The van der Waals surface area contributed by atoms with Gasteiger partial charge in [-0.2, -0.15) is 0 Å². The molecule has 0 saturated carbocycles. The summed E-state index contributed by atoms with van der Waals surface area (Å²) in [5, 5.41) is 8.70. The summed E-state index contributed by atoms with van der Waals surface area (Å²) in [5.41, 5.74) is 10.3. The van der Waals surface area contributed by atoms with Gasteiger partial charge in [0, 0.05) is 5.56 Å². The van der Waals surface area contributed by atoms with Gasteiger partial charge in [0.2, 0.25) is 0 Å². The molecular weight excluding hydrogens is 284 g/mol. The molecule has 5 heteroatoms. The first-order valence-corrected chi connectivity index (χ1v) is 6.38. The Labute approximate surface area is 127 Å². The summed E-state index contributed by atoms with van der Waals surface area (Å²) in [5.74, 6) is 0.0772. The summed E-state index contributed by atoms with van der Waals surface area (Å²) in [6.07, 6.45) is 0. The highest BCUT2D eigenvalue weighted by Crippen LogP contribution is 2.23. The number of para-hydroxylation sites is 2. The lowest BCUT2D eigenvalue weighted by Gasteiger charge is -2.05. The Morgan fingerprint density at radius 2 is 1.76 bits per heavy atom.